The van der Waals surface area contributed by atoms with Gasteiger partial charge in [0.2, 0.25) is 0 Å². The Labute approximate surface area is 94.8 Å². The quantitative estimate of drug-likeness (QED) is 0.803. The molecule has 82 valence electrons. The van der Waals surface area contributed by atoms with Gasteiger partial charge in [-0.05, 0) is 26.0 Å². The zero-order valence-electron chi connectivity index (χ0n) is 8.74. The molecule has 1 N–H and O–H groups in total. The van der Waals surface area contributed by atoms with E-state index < -0.39 is 0 Å². The molecule has 0 aliphatic carbocycles. The monoisotopic (exact) mass is 226 g/mol. The number of halogens is 1. The summed E-state index contributed by atoms with van der Waals surface area (Å²) >= 11 is 6.00. The Balaban J connectivity index is 2.00. The zero-order chi connectivity index (χ0) is 10.7. The molecule has 1 saturated heterocycles. The number of nitrogens with zero attached hydrogens (tertiary/aromatic N) is 1. The lowest BCUT2D eigenvalue weighted by molar-refractivity contribution is 0.00818. The van der Waals surface area contributed by atoms with Gasteiger partial charge in [-0.3, -0.25) is 0 Å². The molecule has 0 saturated carbocycles. The summed E-state index contributed by atoms with van der Waals surface area (Å²) in [6.45, 7) is 3.99. The highest BCUT2D eigenvalue weighted by Gasteiger charge is 2.19. The average molecular weight is 227 g/mol. The molecule has 2 heterocycles. The molecule has 0 bridgehead atoms. The molecule has 15 heavy (non-hydrogen) atoms. The third kappa shape index (κ3) is 2.68. The second-order valence-electron chi connectivity index (χ2n) is 3.78. The van der Waals surface area contributed by atoms with Crippen molar-refractivity contribution >= 4 is 11.6 Å². The number of ether oxygens (including phenoxy) is 1. The maximum absolute atomic E-state index is 6.00. The largest absolute Gasteiger partial charge is 0.369 e. The minimum atomic E-state index is 0.0103. The van der Waals surface area contributed by atoms with Crippen molar-refractivity contribution < 1.29 is 4.74 Å². The molecule has 1 aliphatic rings. The Morgan fingerprint density at radius 3 is 3.20 bits per heavy atom. The summed E-state index contributed by atoms with van der Waals surface area (Å²) in [5, 5.41) is 3.81. The van der Waals surface area contributed by atoms with Crippen LogP contribution in [-0.4, -0.2) is 24.2 Å². The Bertz CT molecular complexity index is 326. The van der Waals surface area contributed by atoms with E-state index in [1.807, 2.05) is 19.1 Å². The Morgan fingerprint density at radius 2 is 2.53 bits per heavy atom. The SMILES string of the molecule is C[C@H](O[C@H]1CCNC1)c1cccnc1Cl. The van der Waals surface area contributed by atoms with E-state index in [1.165, 1.54) is 0 Å². The van der Waals surface area contributed by atoms with Crippen molar-refractivity contribution in [1.82, 2.24) is 10.3 Å². The molecule has 0 spiro atoms. The molecule has 1 fully saturated rings. The number of aromatic nitrogens is 1. The van der Waals surface area contributed by atoms with Gasteiger partial charge in [0.15, 0.2) is 0 Å². The van der Waals surface area contributed by atoms with E-state index in [-0.39, 0.29) is 6.10 Å². The normalized spacial score (nSPS) is 22.9. The van der Waals surface area contributed by atoms with Crippen molar-refractivity contribution in [1.29, 1.82) is 0 Å². The molecule has 0 radical (unpaired) electrons. The van der Waals surface area contributed by atoms with Gasteiger partial charge in [-0.25, -0.2) is 4.98 Å². The van der Waals surface area contributed by atoms with Crippen LogP contribution in [0.4, 0.5) is 0 Å². The highest BCUT2D eigenvalue weighted by atomic mass is 35.5. The third-order valence-corrected chi connectivity index (χ3v) is 2.95. The molecule has 0 aromatic carbocycles. The van der Waals surface area contributed by atoms with Gasteiger partial charge in [0.1, 0.15) is 5.15 Å². The maximum atomic E-state index is 6.00. The lowest BCUT2D eigenvalue weighted by Crippen LogP contribution is -2.18. The maximum Gasteiger partial charge on any atom is 0.134 e. The van der Waals surface area contributed by atoms with Crippen LogP contribution in [0.5, 0.6) is 0 Å². The van der Waals surface area contributed by atoms with E-state index in [9.17, 15) is 0 Å². The van der Waals surface area contributed by atoms with Gasteiger partial charge in [0.05, 0.1) is 12.2 Å². The van der Waals surface area contributed by atoms with Gasteiger partial charge < -0.3 is 10.1 Å². The molecular formula is C11H15ClN2O. The summed E-state index contributed by atoms with van der Waals surface area (Å²) in [4.78, 5) is 4.04. The molecule has 0 unspecified atom stereocenters. The van der Waals surface area contributed by atoms with Crippen LogP contribution in [0, 0.1) is 0 Å². The van der Waals surface area contributed by atoms with Gasteiger partial charge in [0, 0.05) is 18.3 Å². The van der Waals surface area contributed by atoms with Crippen LogP contribution in [0.15, 0.2) is 18.3 Å². The number of hydrogen-bond acceptors (Lipinski definition) is 3. The fraction of sp³-hybridized carbons (Fsp3) is 0.545. The lowest BCUT2D eigenvalue weighted by atomic mass is 10.2. The van der Waals surface area contributed by atoms with Crippen molar-refractivity contribution in [2.75, 3.05) is 13.1 Å². The average Bonchev–Trinajstić information content (AvgIpc) is 2.71. The molecule has 2 atom stereocenters. The third-order valence-electron chi connectivity index (χ3n) is 2.64. The molecular weight excluding hydrogens is 212 g/mol. The lowest BCUT2D eigenvalue weighted by Gasteiger charge is -2.18. The number of hydrogen-bond donors (Lipinski definition) is 1. The summed E-state index contributed by atoms with van der Waals surface area (Å²) in [5.74, 6) is 0. The topological polar surface area (TPSA) is 34.1 Å². The standard InChI is InChI=1S/C11H15ClN2O/c1-8(15-9-4-6-13-7-9)10-3-2-5-14-11(10)12/h2-3,5,8-9,13H,4,6-7H2,1H3/t8-,9-/m0/s1. The first-order chi connectivity index (χ1) is 7.27. The van der Waals surface area contributed by atoms with E-state index in [2.05, 4.69) is 10.3 Å². The Kier molecular flexibility index (Phi) is 3.57. The van der Waals surface area contributed by atoms with Crippen LogP contribution in [-0.2, 0) is 4.74 Å². The highest BCUT2D eigenvalue weighted by Crippen LogP contribution is 2.25. The van der Waals surface area contributed by atoms with Crippen LogP contribution in [0.25, 0.3) is 0 Å². The first-order valence-electron chi connectivity index (χ1n) is 5.24. The molecule has 2 rings (SSSR count). The van der Waals surface area contributed by atoms with E-state index >= 15 is 0 Å². The fourth-order valence-corrected chi connectivity index (χ4v) is 2.08. The first kappa shape index (κ1) is 10.9. The fourth-order valence-electron chi connectivity index (χ4n) is 1.81. The van der Waals surface area contributed by atoms with Crippen molar-refractivity contribution in [2.45, 2.75) is 25.6 Å². The van der Waals surface area contributed by atoms with Crippen LogP contribution in [0.3, 0.4) is 0 Å². The summed E-state index contributed by atoms with van der Waals surface area (Å²) < 4.78 is 5.89. The molecule has 0 amide bonds. The second kappa shape index (κ2) is 4.92. The van der Waals surface area contributed by atoms with Crippen LogP contribution < -0.4 is 5.32 Å². The summed E-state index contributed by atoms with van der Waals surface area (Å²) in [5.41, 5.74) is 0.964. The molecule has 1 aromatic rings. The van der Waals surface area contributed by atoms with Crippen LogP contribution >= 0.6 is 11.6 Å². The minimum Gasteiger partial charge on any atom is -0.369 e. The predicted octanol–water partition coefficient (Wildman–Crippen LogP) is 2.17. The summed E-state index contributed by atoms with van der Waals surface area (Å²) in [6.07, 6.45) is 3.07. The van der Waals surface area contributed by atoms with E-state index in [0.29, 0.717) is 11.3 Å². The van der Waals surface area contributed by atoms with Gasteiger partial charge in [-0.15, -0.1) is 0 Å². The van der Waals surface area contributed by atoms with Gasteiger partial charge in [-0.2, -0.15) is 0 Å². The van der Waals surface area contributed by atoms with E-state index in [1.54, 1.807) is 6.20 Å². The first-order valence-corrected chi connectivity index (χ1v) is 5.62. The van der Waals surface area contributed by atoms with Crippen molar-refractivity contribution in [3.8, 4) is 0 Å². The number of nitrogens with one attached hydrogen (secondary N) is 1. The number of rotatable bonds is 3. The summed E-state index contributed by atoms with van der Waals surface area (Å²) in [7, 11) is 0. The summed E-state index contributed by atoms with van der Waals surface area (Å²) in [6, 6.07) is 3.84. The van der Waals surface area contributed by atoms with E-state index in [0.717, 1.165) is 25.1 Å². The van der Waals surface area contributed by atoms with Crippen LogP contribution in [0.2, 0.25) is 5.15 Å². The van der Waals surface area contributed by atoms with Crippen molar-refractivity contribution in [3.05, 3.63) is 29.0 Å². The van der Waals surface area contributed by atoms with E-state index in [4.69, 9.17) is 16.3 Å². The van der Waals surface area contributed by atoms with Gasteiger partial charge in [0.25, 0.3) is 0 Å². The molecule has 3 nitrogen and oxygen atoms in total. The molecule has 1 aliphatic heterocycles. The van der Waals surface area contributed by atoms with Crippen molar-refractivity contribution in [3.63, 3.8) is 0 Å². The molecule has 4 heteroatoms. The number of pyridine rings is 1. The minimum absolute atomic E-state index is 0.0103. The van der Waals surface area contributed by atoms with Gasteiger partial charge in [-0.1, -0.05) is 17.7 Å². The highest BCUT2D eigenvalue weighted by molar-refractivity contribution is 6.30. The van der Waals surface area contributed by atoms with Crippen LogP contribution in [0.1, 0.15) is 25.0 Å². The van der Waals surface area contributed by atoms with Crippen molar-refractivity contribution in [2.24, 2.45) is 0 Å². The van der Waals surface area contributed by atoms with Gasteiger partial charge >= 0.3 is 0 Å². The smallest absolute Gasteiger partial charge is 0.134 e. The Hall–Kier alpha value is -0.640. The molecule has 1 aromatic heterocycles. The predicted molar refractivity (Wildman–Crippen MR) is 60.0 cm³/mol. The second-order valence-corrected chi connectivity index (χ2v) is 4.13. The zero-order valence-corrected chi connectivity index (χ0v) is 9.50. The Morgan fingerprint density at radius 1 is 1.67 bits per heavy atom.